The van der Waals surface area contributed by atoms with Crippen molar-refractivity contribution in [2.24, 2.45) is 5.92 Å². The molecule has 1 saturated heterocycles. The maximum Gasteiger partial charge on any atom is 0.165 e. The second kappa shape index (κ2) is 8.35. The predicted octanol–water partition coefficient (Wildman–Crippen LogP) is 0.664. The molecule has 166 valence electrons. The van der Waals surface area contributed by atoms with Crippen molar-refractivity contribution in [1.82, 2.24) is 19.5 Å². The minimum absolute atomic E-state index is 0.173. The van der Waals surface area contributed by atoms with E-state index in [1.165, 1.54) is 6.33 Å². The van der Waals surface area contributed by atoms with Crippen molar-refractivity contribution < 1.29 is 15.3 Å². The zero-order chi connectivity index (χ0) is 22.2. The van der Waals surface area contributed by atoms with Gasteiger partial charge in [0.05, 0.1) is 30.1 Å². The number of aliphatic hydroxyl groups is 3. The Morgan fingerprint density at radius 2 is 1.94 bits per heavy atom. The molecule has 5 rings (SSSR count). The molecule has 0 bridgehead atoms. The molecule has 1 aliphatic heterocycles. The van der Waals surface area contributed by atoms with Crippen molar-refractivity contribution in [2.75, 3.05) is 29.9 Å². The van der Waals surface area contributed by atoms with E-state index in [4.69, 9.17) is 5.26 Å². The molecule has 0 radical (unpaired) electrons. The van der Waals surface area contributed by atoms with Gasteiger partial charge < -0.3 is 30.1 Å². The molecule has 10 nitrogen and oxygen atoms in total. The van der Waals surface area contributed by atoms with Crippen LogP contribution >= 0.6 is 0 Å². The Morgan fingerprint density at radius 1 is 1.12 bits per heavy atom. The van der Waals surface area contributed by atoms with E-state index in [0.717, 1.165) is 25.2 Å². The van der Waals surface area contributed by atoms with E-state index in [9.17, 15) is 15.3 Å². The first-order valence-electron chi connectivity index (χ1n) is 10.7. The van der Waals surface area contributed by atoms with E-state index in [-0.39, 0.29) is 18.6 Å². The number of rotatable bonds is 5. The Hall–Kier alpha value is -3.26. The largest absolute Gasteiger partial charge is 0.396 e. The van der Waals surface area contributed by atoms with Crippen molar-refractivity contribution in [2.45, 2.75) is 37.1 Å². The molecule has 1 saturated carbocycles. The third-order valence-electron chi connectivity index (χ3n) is 6.61. The first-order chi connectivity index (χ1) is 15.6. The molecule has 1 unspecified atom stereocenters. The summed E-state index contributed by atoms with van der Waals surface area (Å²) < 4.78 is 1.77. The Bertz CT molecular complexity index is 1140. The third kappa shape index (κ3) is 3.54. The number of fused-ring (bicyclic) bond motifs is 1. The molecule has 2 aromatic heterocycles. The van der Waals surface area contributed by atoms with Crippen LogP contribution in [0.2, 0.25) is 0 Å². The lowest BCUT2D eigenvalue weighted by atomic mass is 10.1. The van der Waals surface area contributed by atoms with Crippen LogP contribution in [0.1, 0.15) is 24.4 Å². The summed E-state index contributed by atoms with van der Waals surface area (Å²) in [6.07, 6.45) is 2.48. The zero-order valence-electron chi connectivity index (χ0n) is 17.4. The molecule has 1 aliphatic carbocycles. The number of benzene rings is 1. The van der Waals surface area contributed by atoms with Gasteiger partial charge in [-0.15, -0.1) is 0 Å². The van der Waals surface area contributed by atoms with Gasteiger partial charge in [-0.25, -0.2) is 15.0 Å². The van der Waals surface area contributed by atoms with Gasteiger partial charge in [-0.2, -0.15) is 5.26 Å². The van der Waals surface area contributed by atoms with Gasteiger partial charge in [0.2, 0.25) is 0 Å². The summed E-state index contributed by atoms with van der Waals surface area (Å²) in [5, 5.41) is 42.6. The molecular formula is C22H25N7O3. The van der Waals surface area contributed by atoms with Crippen LogP contribution in [-0.4, -0.2) is 72.8 Å². The van der Waals surface area contributed by atoms with Gasteiger partial charge in [0.1, 0.15) is 17.9 Å². The SMILES string of the molecule is N#Cc1ccc(N2CCC(Nc3ncnc4c3ncn4[C@@H]3C[C@H](CO)[C@@H](O)[C@H]3O)C2)cc1. The summed E-state index contributed by atoms with van der Waals surface area (Å²) in [5.74, 6) is 0.255. The maximum atomic E-state index is 10.5. The Balaban J connectivity index is 1.33. The minimum Gasteiger partial charge on any atom is -0.396 e. The average molecular weight is 435 g/mol. The van der Waals surface area contributed by atoms with Crippen LogP contribution in [0.5, 0.6) is 0 Å². The van der Waals surface area contributed by atoms with Crippen molar-refractivity contribution in [3.63, 3.8) is 0 Å². The van der Waals surface area contributed by atoms with Crippen molar-refractivity contribution in [1.29, 1.82) is 5.26 Å². The lowest BCUT2D eigenvalue weighted by Gasteiger charge is -2.19. The van der Waals surface area contributed by atoms with Crippen molar-refractivity contribution in [3.8, 4) is 6.07 Å². The van der Waals surface area contributed by atoms with E-state index >= 15 is 0 Å². The molecule has 1 aromatic carbocycles. The fourth-order valence-electron chi connectivity index (χ4n) is 4.81. The fraction of sp³-hybridized carbons (Fsp3) is 0.455. The van der Waals surface area contributed by atoms with Crippen LogP contribution in [-0.2, 0) is 0 Å². The topological polar surface area (TPSA) is 143 Å². The summed E-state index contributed by atoms with van der Waals surface area (Å²) in [5.41, 5.74) is 2.92. The molecule has 0 amide bonds. The van der Waals surface area contributed by atoms with Crippen molar-refractivity contribution in [3.05, 3.63) is 42.5 Å². The highest BCUT2D eigenvalue weighted by atomic mass is 16.3. The second-order valence-corrected chi connectivity index (χ2v) is 8.51. The fourth-order valence-corrected chi connectivity index (χ4v) is 4.81. The molecular weight excluding hydrogens is 410 g/mol. The number of nitrogens with zero attached hydrogens (tertiary/aromatic N) is 6. The van der Waals surface area contributed by atoms with Gasteiger partial charge >= 0.3 is 0 Å². The van der Waals surface area contributed by atoms with Gasteiger partial charge in [0.15, 0.2) is 11.5 Å². The van der Waals surface area contributed by atoms with Gasteiger partial charge in [0, 0.05) is 37.3 Å². The summed E-state index contributed by atoms with van der Waals surface area (Å²) >= 11 is 0. The van der Waals surface area contributed by atoms with Crippen LogP contribution in [0, 0.1) is 17.2 Å². The molecule has 32 heavy (non-hydrogen) atoms. The summed E-state index contributed by atoms with van der Waals surface area (Å²) in [6, 6.07) is 9.49. The molecule has 10 heteroatoms. The van der Waals surface area contributed by atoms with Gasteiger partial charge in [0.25, 0.3) is 0 Å². The number of nitriles is 1. The Morgan fingerprint density at radius 3 is 2.66 bits per heavy atom. The van der Waals surface area contributed by atoms with Crippen LogP contribution in [0.4, 0.5) is 11.5 Å². The number of hydrogen-bond acceptors (Lipinski definition) is 9. The number of nitrogens with one attached hydrogen (secondary N) is 1. The zero-order valence-corrected chi connectivity index (χ0v) is 17.4. The lowest BCUT2D eigenvalue weighted by Crippen LogP contribution is -2.30. The molecule has 2 aliphatic rings. The van der Waals surface area contributed by atoms with E-state index in [0.29, 0.717) is 29.0 Å². The summed E-state index contributed by atoms with van der Waals surface area (Å²) in [7, 11) is 0. The van der Waals surface area contributed by atoms with Gasteiger partial charge in [-0.3, -0.25) is 0 Å². The highest BCUT2D eigenvalue weighted by Gasteiger charge is 2.42. The number of aromatic nitrogens is 4. The minimum atomic E-state index is -0.994. The number of imidazole rings is 1. The van der Waals surface area contributed by atoms with E-state index in [2.05, 4.69) is 31.2 Å². The number of hydrogen-bond donors (Lipinski definition) is 4. The van der Waals surface area contributed by atoms with Gasteiger partial charge in [-0.1, -0.05) is 0 Å². The van der Waals surface area contributed by atoms with Crippen LogP contribution in [0.15, 0.2) is 36.9 Å². The normalized spacial score (nSPS) is 27.7. The number of anilines is 2. The highest BCUT2D eigenvalue weighted by Crippen LogP contribution is 2.37. The molecule has 0 spiro atoms. The summed E-state index contributed by atoms with van der Waals surface area (Å²) in [4.78, 5) is 15.5. The van der Waals surface area contributed by atoms with E-state index < -0.39 is 18.2 Å². The van der Waals surface area contributed by atoms with E-state index in [1.807, 2.05) is 24.3 Å². The molecule has 2 fully saturated rings. The Labute approximate surface area is 184 Å². The first-order valence-corrected chi connectivity index (χ1v) is 10.7. The van der Waals surface area contributed by atoms with Crippen LogP contribution in [0.25, 0.3) is 11.2 Å². The standard InChI is InChI=1S/C22H25N7O3/c23-8-13-1-3-16(4-2-13)28-6-5-15(9-28)27-21-18-22(25-11-24-21)29(12-26-18)17-7-14(10-30)19(31)20(17)32/h1-4,11-12,14-15,17,19-20,30-32H,5-7,9-10H2,(H,24,25,27)/t14-,15?,17-,19-,20+/m1/s1. The molecule has 3 aromatic rings. The quantitative estimate of drug-likeness (QED) is 0.454. The monoisotopic (exact) mass is 435 g/mol. The summed E-state index contributed by atoms with van der Waals surface area (Å²) in [6.45, 7) is 1.51. The maximum absolute atomic E-state index is 10.5. The van der Waals surface area contributed by atoms with Crippen LogP contribution in [0.3, 0.4) is 0 Å². The van der Waals surface area contributed by atoms with Gasteiger partial charge in [-0.05, 0) is 37.1 Å². The highest BCUT2D eigenvalue weighted by molar-refractivity contribution is 5.83. The molecule has 3 heterocycles. The first kappa shape index (κ1) is 20.6. The number of aliphatic hydroxyl groups excluding tert-OH is 3. The molecule has 4 N–H and O–H groups in total. The smallest absolute Gasteiger partial charge is 0.165 e. The van der Waals surface area contributed by atoms with Crippen LogP contribution < -0.4 is 10.2 Å². The van der Waals surface area contributed by atoms with Crippen molar-refractivity contribution >= 4 is 22.7 Å². The molecule has 5 atom stereocenters. The lowest BCUT2D eigenvalue weighted by molar-refractivity contribution is -0.00370. The van der Waals surface area contributed by atoms with E-state index in [1.54, 1.807) is 10.9 Å². The predicted molar refractivity (Wildman–Crippen MR) is 117 cm³/mol. The third-order valence-corrected chi connectivity index (χ3v) is 6.61. The average Bonchev–Trinajstić information content (AvgIpc) is 3.53. The Kier molecular flexibility index (Phi) is 5.38. The second-order valence-electron chi connectivity index (χ2n) is 8.51.